The number of unbranched alkanes of at least 4 members (excludes halogenated alkanes) is 2. The van der Waals surface area contributed by atoms with E-state index in [9.17, 15) is 53.4 Å². The second kappa shape index (κ2) is 35.7. The van der Waals surface area contributed by atoms with E-state index in [0.29, 0.717) is 63.4 Å². The van der Waals surface area contributed by atoms with Gasteiger partial charge in [0, 0.05) is 102 Å². The Bertz CT molecular complexity index is 3080. The predicted octanol–water partition coefficient (Wildman–Crippen LogP) is 2.89. The zero-order valence-corrected chi connectivity index (χ0v) is 58.3. The highest BCUT2D eigenvalue weighted by atomic mass is 16.7. The lowest BCUT2D eigenvalue weighted by atomic mass is 9.61. The zero-order chi connectivity index (χ0) is 71.2. The number of benzene rings is 1. The van der Waals surface area contributed by atoms with Gasteiger partial charge in [0.15, 0.2) is 5.79 Å². The highest BCUT2D eigenvalue weighted by molar-refractivity contribution is 6.12. The van der Waals surface area contributed by atoms with E-state index in [1.54, 1.807) is 37.4 Å². The number of nitrogens with one attached hydrogen (secondary N) is 6. The van der Waals surface area contributed by atoms with Crippen LogP contribution in [0.3, 0.4) is 0 Å². The minimum Gasteiger partial charge on any atom is -0.393 e. The number of ketones is 1. The maximum absolute atomic E-state index is 14.1. The maximum Gasteiger partial charge on any atom is 0.253 e. The van der Waals surface area contributed by atoms with Crippen LogP contribution in [0.15, 0.2) is 66.8 Å². The van der Waals surface area contributed by atoms with Crippen molar-refractivity contribution >= 4 is 53.0 Å². The molecule has 11 rings (SSSR count). The highest BCUT2D eigenvalue weighted by Gasteiger charge is 2.62. The summed E-state index contributed by atoms with van der Waals surface area (Å²) in [5, 5.41) is 39.3. The van der Waals surface area contributed by atoms with Gasteiger partial charge in [0.25, 0.3) is 11.8 Å². The van der Waals surface area contributed by atoms with E-state index in [-0.39, 0.29) is 142 Å². The molecule has 20 atom stereocenters. The molecule has 8 aliphatic heterocycles. The van der Waals surface area contributed by atoms with E-state index in [1.807, 2.05) is 6.92 Å². The number of ether oxygens (including phenoxy) is 9. The molecule has 100 heavy (non-hydrogen) atoms. The minimum absolute atomic E-state index is 0.000790. The van der Waals surface area contributed by atoms with Crippen molar-refractivity contribution in [1.29, 1.82) is 0 Å². The van der Waals surface area contributed by atoms with Crippen LogP contribution >= 0.6 is 0 Å². The molecule has 1 aromatic carbocycles. The van der Waals surface area contributed by atoms with Crippen LogP contribution in [0.4, 0.5) is 0 Å². The van der Waals surface area contributed by atoms with Gasteiger partial charge in [-0.2, -0.15) is 0 Å². The lowest BCUT2D eigenvalue weighted by molar-refractivity contribution is -0.369. The lowest BCUT2D eigenvalue weighted by Crippen LogP contribution is -2.70. The smallest absolute Gasteiger partial charge is 0.253 e. The molecular weight excluding hydrogens is 1290 g/mol. The number of rotatable bonds is 37. The van der Waals surface area contributed by atoms with Crippen molar-refractivity contribution in [2.24, 2.45) is 23.7 Å². The zero-order valence-electron chi connectivity index (χ0n) is 58.3. The standard InChI is InChI=1S/C73H105N7O20/c1-41-16-19-48(95-43(41)3)20-22-57-42(2)29-50(97-57)26-27-73(91)35-56(82)53-34-54-67(53)99-58-23-21-49(98-70(58)69(54)100-73)31-47(81)32-52-44(4)96-59(68(52)93-6)33-51(92-5)36-76-72(90)66(46-17-18-46)94-40-78-62(85)38-77-71(89)55(30-45-13-9-7-10-14-45)79-63(86)39-75-61(84)37-74-60(83)15-11-8-12-28-80-64(87)24-25-65(80)88/h7,9-10,13-14,24-25,43-44,46,48-59,66-70,82,91H,1-2,8,11-12,15-23,26-40H2,3-6H3,(H,74,83)(H,75,84)(H,76,90)(H,77,89)(H,78,85)(H,79,86)/t43-,44+,48-,49-,50+,51+,52+,53+,54?,55+,56?,57+,58+,59-,66?,67+,68-,69-,70?,73+/m1/s1. The van der Waals surface area contributed by atoms with Crippen LogP contribution in [0.1, 0.15) is 148 Å². The Hall–Kier alpha value is -6.37. The van der Waals surface area contributed by atoms with Crippen LogP contribution < -0.4 is 31.9 Å². The summed E-state index contributed by atoms with van der Waals surface area (Å²) in [4.78, 5) is 117. The fourth-order valence-electron chi connectivity index (χ4n) is 15.6. The number of fused-ring (bicyclic) bond motifs is 4. The summed E-state index contributed by atoms with van der Waals surface area (Å²) in [6.45, 7) is 11.1. The molecule has 8 N–H and O–H groups in total. The number of nitrogens with zero attached hydrogens (tertiary/aromatic N) is 1. The highest BCUT2D eigenvalue weighted by Crippen LogP contribution is 2.54. The van der Waals surface area contributed by atoms with Crippen LogP contribution in [-0.2, 0) is 92.2 Å². The Balaban J connectivity index is 0.622. The molecule has 4 unspecified atom stereocenters. The van der Waals surface area contributed by atoms with Gasteiger partial charge < -0.3 is 84.7 Å². The molecule has 0 aromatic heterocycles. The molecular formula is C73H105N7O20. The van der Waals surface area contributed by atoms with Crippen LogP contribution in [0, 0.1) is 23.7 Å². The Morgan fingerprint density at radius 1 is 0.720 bits per heavy atom. The summed E-state index contributed by atoms with van der Waals surface area (Å²) in [5.41, 5.74) is 2.89. The summed E-state index contributed by atoms with van der Waals surface area (Å²) >= 11 is 0. The first kappa shape index (κ1) is 76.3. The Morgan fingerprint density at radius 2 is 1.46 bits per heavy atom. The van der Waals surface area contributed by atoms with Crippen LogP contribution in [0.2, 0.25) is 0 Å². The number of aliphatic hydroxyl groups is 2. The average Bonchev–Trinajstić information content (AvgIpc) is 0.816. The van der Waals surface area contributed by atoms with Gasteiger partial charge in [0.1, 0.15) is 30.8 Å². The monoisotopic (exact) mass is 1400 g/mol. The van der Waals surface area contributed by atoms with Gasteiger partial charge in [-0.3, -0.25) is 48.1 Å². The fourth-order valence-corrected chi connectivity index (χ4v) is 15.6. The van der Waals surface area contributed by atoms with Gasteiger partial charge in [-0.25, -0.2) is 0 Å². The van der Waals surface area contributed by atoms with E-state index in [0.717, 1.165) is 54.6 Å². The number of methoxy groups -OCH3 is 2. The van der Waals surface area contributed by atoms with Gasteiger partial charge >= 0.3 is 0 Å². The van der Waals surface area contributed by atoms with E-state index in [1.165, 1.54) is 19.3 Å². The number of Topliss-reactive ketones (excluding diaryl/α,β-unsaturated/α-hetero) is 1. The molecule has 27 nitrogen and oxygen atoms in total. The summed E-state index contributed by atoms with van der Waals surface area (Å²) < 4.78 is 57.2. The van der Waals surface area contributed by atoms with Crippen molar-refractivity contribution in [1.82, 2.24) is 36.8 Å². The number of carbonyl (C=O) groups is 9. The third-order valence-electron chi connectivity index (χ3n) is 21.6. The molecule has 9 fully saturated rings. The summed E-state index contributed by atoms with van der Waals surface area (Å²) in [7, 11) is 3.13. The van der Waals surface area contributed by atoms with E-state index >= 15 is 0 Å². The molecule has 4 bridgehead atoms. The van der Waals surface area contributed by atoms with Gasteiger partial charge in [-0.1, -0.05) is 49.9 Å². The lowest BCUT2D eigenvalue weighted by Gasteiger charge is -2.61. The maximum atomic E-state index is 14.1. The summed E-state index contributed by atoms with van der Waals surface area (Å²) in [6.07, 6.45) is 8.06. The first-order valence-electron chi connectivity index (χ1n) is 36.2. The number of hydrogen-bond donors (Lipinski definition) is 8. The number of carbonyl (C=O) groups excluding carboxylic acids is 9. The van der Waals surface area contributed by atoms with Crippen molar-refractivity contribution in [2.45, 2.75) is 252 Å². The largest absolute Gasteiger partial charge is 0.393 e. The molecule has 2 aliphatic carbocycles. The second-order valence-electron chi connectivity index (χ2n) is 28.9. The van der Waals surface area contributed by atoms with Crippen molar-refractivity contribution in [3.8, 4) is 0 Å². The molecule has 552 valence electrons. The summed E-state index contributed by atoms with van der Waals surface area (Å²) in [5.74, 6) is -6.33. The third kappa shape index (κ3) is 20.7. The number of aliphatic hydroxyl groups excluding tert-OH is 1. The van der Waals surface area contributed by atoms with Crippen molar-refractivity contribution in [2.75, 3.05) is 53.7 Å². The van der Waals surface area contributed by atoms with Crippen LogP contribution in [0.25, 0.3) is 0 Å². The number of amides is 8. The van der Waals surface area contributed by atoms with E-state index in [4.69, 9.17) is 42.6 Å². The van der Waals surface area contributed by atoms with Gasteiger partial charge in [0.05, 0.1) is 99.0 Å². The molecule has 8 amide bonds. The third-order valence-corrected chi connectivity index (χ3v) is 21.6. The Morgan fingerprint density at radius 3 is 2.20 bits per heavy atom. The molecule has 1 aromatic rings. The van der Waals surface area contributed by atoms with Gasteiger partial charge in [-0.05, 0) is 120 Å². The Labute approximate surface area is 585 Å². The molecule has 8 heterocycles. The molecule has 27 heteroatoms. The average molecular weight is 1400 g/mol. The van der Waals surface area contributed by atoms with Crippen molar-refractivity contribution in [3.63, 3.8) is 0 Å². The molecule has 10 aliphatic rings. The quantitative estimate of drug-likeness (QED) is 0.0205. The fraction of sp³-hybridized carbons (Fsp3) is 0.712. The topological polar surface area (TPSA) is 353 Å². The van der Waals surface area contributed by atoms with Crippen LogP contribution in [0.5, 0.6) is 0 Å². The normalized spacial score (nSPS) is 32.3. The minimum atomic E-state index is -1.62. The molecule has 2 saturated carbocycles. The predicted molar refractivity (Wildman–Crippen MR) is 360 cm³/mol. The van der Waals surface area contributed by atoms with Crippen LogP contribution in [-0.4, -0.2) is 225 Å². The number of imide groups is 1. The van der Waals surface area contributed by atoms with E-state index < -0.39 is 116 Å². The SMILES string of the molecule is C=C1C[C@H](CC[C@@]2(O)CC(O)[C@@H]3CC4[C@@H](O2)C2O[C@@H](CC(=O)C[C@@H]5[C@@H](OC)[C@@H](C[C@@H](CNC(=O)C(OCNC(=O)CNC(=O)[C@H](Cc6ccccc6)NC(=O)CNC(=O)CNC(=O)CCCCCN6C(=O)C=CC6=O)C6CC6)OC)O[C@H]5C)CC[C@@H]2O[C@H]43)O[C@H]1CC[C@H]1CCC(=C)[C@@H](C)O1. The van der Waals surface area contributed by atoms with Crippen molar-refractivity contribution < 1.29 is 96.0 Å². The van der Waals surface area contributed by atoms with Gasteiger partial charge in [0.2, 0.25) is 35.4 Å². The molecule has 0 radical (unpaired) electrons. The van der Waals surface area contributed by atoms with Crippen molar-refractivity contribution in [3.05, 3.63) is 72.4 Å². The molecule has 7 saturated heterocycles. The van der Waals surface area contributed by atoms with Gasteiger partial charge in [-0.15, -0.1) is 0 Å². The summed E-state index contributed by atoms with van der Waals surface area (Å²) in [6, 6.07) is 7.72. The van der Waals surface area contributed by atoms with E-state index in [2.05, 4.69) is 52.0 Å². The first-order valence-corrected chi connectivity index (χ1v) is 36.2. The first-order chi connectivity index (χ1) is 48.0. The second-order valence-corrected chi connectivity index (χ2v) is 28.9. The molecule has 0 spiro atoms. The number of hydrogen-bond acceptors (Lipinski definition) is 20. The Kier molecular flexibility index (Phi) is 27.2.